The predicted octanol–water partition coefficient (Wildman–Crippen LogP) is 7.34. The lowest BCUT2D eigenvalue weighted by atomic mass is 9.94. The first kappa shape index (κ1) is 24.1. The van der Waals surface area contributed by atoms with Crippen molar-refractivity contribution in [2.45, 2.75) is 82.9 Å². The molecule has 3 fully saturated rings. The van der Waals surface area contributed by atoms with Crippen molar-refractivity contribution in [2.24, 2.45) is 4.99 Å². The summed E-state index contributed by atoms with van der Waals surface area (Å²) >= 11 is 1.54. The van der Waals surface area contributed by atoms with Crippen LogP contribution in [0.5, 0.6) is 5.75 Å². The van der Waals surface area contributed by atoms with Crippen molar-refractivity contribution in [1.82, 2.24) is 4.90 Å². The van der Waals surface area contributed by atoms with Gasteiger partial charge in [0, 0.05) is 6.04 Å². The fourth-order valence-electron chi connectivity index (χ4n) is 5.20. The van der Waals surface area contributed by atoms with Crippen molar-refractivity contribution in [3.05, 3.63) is 70.4 Å². The van der Waals surface area contributed by atoms with Gasteiger partial charge in [-0.3, -0.25) is 14.7 Å². The number of hydrogen-bond acceptors (Lipinski definition) is 4. The zero-order valence-corrected chi connectivity index (χ0v) is 20.9. The topological polar surface area (TPSA) is 41.9 Å². The monoisotopic (exact) mass is 492 g/mol. The Morgan fingerprint density at radius 2 is 1.69 bits per heavy atom. The van der Waals surface area contributed by atoms with Crippen molar-refractivity contribution in [1.29, 1.82) is 0 Å². The molecule has 4 nitrogen and oxygen atoms in total. The highest BCUT2D eigenvalue weighted by atomic mass is 32.2. The fraction of sp³-hybridized carbons (Fsp3) is 0.448. The van der Waals surface area contributed by atoms with Crippen LogP contribution in [0.3, 0.4) is 0 Å². The van der Waals surface area contributed by atoms with Gasteiger partial charge in [-0.15, -0.1) is 0 Å². The molecule has 0 radical (unpaired) electrons. The molecule has 5 rings (SSSR count). The molecular formula is C29H33FN2O2S. The van der Waals surface area contributed by atoms with Crippen molar-refractivity contribution >= 4 is 28.9 Å². The van der Waals surface area contributed by atoms with Gasteiger partial charge in [-0.1, -0.05) is 62.8 Å². The third kappa shape index (κ3) is 6.16. The number of halogens is 1. The van der Waals surface area contributed by atoms with Crippen LogP contribution in [0.25, 0.3) is 6.08 Å². The molecule has 0 spiro atoms. The predicted molar refractivity (Wildman–Crippen MR) is 141 cm³/mol. The average Bonchev–Trinajstić information content (AvgIpc) is 3.19. The highest BCUT2D eigenvalue weighted by Crippen LogP contribution is 2.38. The van der Waals surface area contributed by atoms with E-state index in [2.05, 4.69) is 0 Å². The van der Waals surface area contributed by atoms with Gasteiger partial charge in [-0.05, 0) is 78.9 Å². The van der Waals surface area contributed by atoms with Crippen LogP contribution < -0.4 is 4.74 Å². The Hall–Kier alpha value is -2.60. The maximum absolute atomic E-state index is 13.6. The zero-order chi connectivity index (χ0) is 24.0. The van der Waals surface area contributed by atoms with E-state index in [1.54, 1.807) is 12.1 Å². The minimum absolute atomic E-state index is 0.0918. The first-order chi connectivity index (χ1) is 17.2. The summed E-state index contributed by atoms with van der Waals surface area (Å²) in [5.41, 5.74) is 1.84. The lowest BCUT2D eigenvalue weighted by Gasteiger charge is -2.31. The molecule has 1 aliphatic heterocycles. The third-order valence-electron chi connectivity index (χ3n) is 7.12. The number of carbonyl (C=O) groups excluding carboxylic acids is 1. The summed E-state index contributed by atoms with van der Waals surface area (Å²) in [6.07, 6.45) is 13.7. The van der Waals surface area contributed by atoms with Gasteiger partial charge < -0.3 is 4.74 Å². The van der Waals surface area contributed by atoms with Gasteiger partial charge in [0.1, 0.15) is 18.2 Å². The lowest BCUT2D eigenvalue weighted by Crippen LogP contribution is -2.41. The van der Waals surface area contributed by atoms with Crippen LogP contribution in [0.1, 0.15) is 75.3 Å². The highest BCUT2D eigenvalue weighted by Gasteiger charge is 2.39. The minimum Gasteiger partial charge on any atom is -0.489 e. The van der Waals surface area contributed by atoms with Gasteiger partial charge in [0.05, 0.1) is 10.9 Å². The fourth-order valence-corrected chi connectivity index (χ4v) is 6.31. The van der Waals surface area contributed by atoms with Crippen LogP contribution in [-0.2, 0) is 11.4 Å². The summed E-state index contributed by atoms with van der Waals surface area (Å²) < 4.78 is 19.1. The van der Waals surface area contributed by atoms with Gasteiger partial charge in [0.25, 0.3) is 5.91 Å². The zero-order valence-electron chi connectivity index (χ0n) is 20.1. The van der Waals surface area contributed by atoms with E-state index in [0.29, 0.717) is 12.6 Å². The molecule has 1 amide bonds. The molecule has 0 bridgehead atoms. The Morgan fingerprint density at radius 3 is 2.43 bits per heavy atom. The molecule has 1 heterocycles. The molecule has 2 aliphatic carbocycles. The second-order valence-corrected chi connectivity index (χ2v) is 10.8. The number of benzene rings is 2. The molecule has 1 saturated heterocycles. The summed E-state index contributed by atoms with van der Waals surface area (Å²) in [7, 11) is 0. The van der Waals surface area contributed by atoms with E-state index >= 15 is 0 Å². The number of thioether (sulfide) groups is 1. The number of hydrogen-bond donors (Lipinski definition) is 0. The van der Waals surface area contributed by atoms with Crippen molar-refractivity contribution in [3.63, 3.8) is 0 Å². The Labute approximate surface area is 211 Å². The smallest absolute Gasteiger partial charge is 0.266 e. The number of nitrogens with zero attached hydrogens (tertiary/aromatic N) is 2. The molecule has 0 N–H and O–H groups in total. The lowest BCUT2D eigenvalue weighted by molar-refractivity contribution is -0.124. The van der Waals surface area contributed by atoms with Crippen molar-refractivity contribution in [2.75, 3.05) is 0 Å². The van der Waals surface area contributed by atoms with Crippen LogP contribution >= 0.6 is 11.8 Å². The van der Waals surface area contributed by atoms with Crippen LogP contribution in [0.4, 0.5) is 4.39 Å². The Balaban J connectivity index is 1.34. The number of aliphatic imine (C=N–C) groups is 1. The number of ether oxygens (including phenoxy) is 1. The summed E-state index contributed by atoms with van der Waals surface area (Å²) in [5, 5.41) is 0.906. The number of carbonyl (C=O) groups is 1. The summed E-state index contributed by atoms with van der Waals surface area (Å²) in [5.74, 6) is 0.559. The van der Waals surface area contributed by atoms with E-state index in [0.717, 1.165) is 52.6 Å². The average molecular weight is 493 g/mol. The molecule has 35 heavy (non-hydrogen) atoms. The minimum atomic E-state index is -0.255. The standard InChI is InChI=1S/C29H33FN2O2S/c30-23-16-14-21(15-17-23)20-34-26-13-7-8-22(18-26)19-27-28(33)32(25-11-5-2-6-12-25)29(35-27)31-24-9-3-1-4-10-24/h7-8,13-19,24-25H,1-6,9-12,20H2. The Bertz CT molecular complexity index is 1090. The molecule has 2 aromatic rings. The molecular weight excluding hydrogens is 459 g/mol. The van der Waals surface area contributed by atoms with E-state index in [4.69, 9.17) is 9.73 Å². The Kier molecular flexibility index (Phi) is 7.87. The maximum Gasteiger partial charge on any atom is 0.266 e. The first-order valence-electron chi connectivity index (χ1n) is 12.9. The molecule has 2 aromatic carbocycles. The SMILES string of the molecule is O=C1C(=Cc2cccc(OCc3ccc(F)cc3)c2)SC(=NC2CCCCC2)N1C1CCCCC1. The number of rotatable bonds is 6. The van der Waals surface area contributed by atoms with Crippen LogP contribution in [0.15, 0.2) is 58.4 Å². The molecule has 0 aromatic heterocycles. The normalized spacial score (nSPS) is 22.3. The first-order valence-corrected chi connectivity index (χ1v) is 13.8. The highest BCUT2D eigenvalue weighted by molar-refractivity contribution is 8.18. The van der Waals surface area contributed by atoms with Crippen LogP contribution in [0.2, 0.25) is 0 Å². The van der Waals surface area contributed by atoms with Gasteiger partial charge >= 0.3 is 0 Å². The van der Waals surface area contributed by atoms with E-state index < -0.39 is 0 Å². The third-order valence-corrected chi connectivity index (χ3v) is 8.12. The van der Waals surface area contributed by atoms with E-state index in [-0.39, 0.29) is 17.8 Å². The quantitative estimate of drug-likeness (QED) is 0.396. The largest absolute Gasteiger partial charge is 0.489 e. The van der Waals surface area contributed by atoms with Gasteiger partial charge in [0.15, 0.2) is 5.17 Å². The molecule has 0 unspecified atom stereocenters. The van der Waals surface area contributed by atoms with Crippen molar-refractivity contribution in [3.8, 4) is 5.75 Å². The van der Waals surface area contributed by atoms with E-state index in [1.165, 1.54) is 62.4 Å². The Morgan fingerprint density at radius 1 is 0.971 bits per heavy atom. The van der Waals surface area contributed by atoms with E-state index in [9.17, 15) is 9.18 Å². The van der Waals surface area contributed by atoms with Gasteiger partial charge in [-0.2, -0.15) is 0 Å². The maximum atomic E-state index is 13.6. The van der Waals surface area contributed by atoms with Gasteiger partial charge in [0.2, 0.25) is 0 Å². The molecule has 0 atom stereocenters. The molecule has 184 valence electrons. The van der Waals surface area contributed by atoms with Crippen LogP contribution in [0, 0.1) is 5.82 Å². The number of amidine groups is 1. The van der Waals surface area contributed by atoms with E-state index in [1.807, 2.05) is 35.2 Å². The van der Waals surface area contributed by atoms with Crippen molar-refractivity contribution < 1.29 is 13.9 Å². The second-order valence-electron chi connectivity index (χ2n) is 9.77. The molecule has 6 heteroatoms. The molecule has 3 aliphatic rings. The van der Waals surface area contributed by atoms with Gasteiger partial charge in [-0.25, -0.2) is 4.39 Å². The summed E-state index contributed by atoms with van der Waals surface area (Å²) in [6, 6.07) is 14.7. The van der Waals surface area contributed by atoms with Crippen LogP contribution in [-0.4, -0.2) is 28.1 Å². The second kappa shape index (κ2) is 11.4. The number of amides is 1. The summed E-state index contributed by atoms with van der Waals surface area (Å²) in [4.78, 5) is 21.4. The summed E-state index contributed by atoms with van der Waals surface area (Å²) in [6.45, 7) is 0.363. The molecule has 2 saturated carbocycles.